The minimum Gasteiger partial charge on any atom is -0.467 e. The van der Waals surface area contributed by atoms with E-state index in [9.17, 15) is 10.1 Å². The molecule has 0 spiro atoms. The van der Waals surface area contributed by atoms with Gasteiger partial charge in [0.2, 0.25) is 0 Å². The number of aromatic nitrogens is 4. The number of aryl methyl sites for hydroxylation is 1. The number of H-pyrrole nitrogens is 1. The van der Waals surface area contributed by atoms with Crippen LogP contribution in [0.1, 0.15) is 27.8 Å². The summed E-state index contributed by atoms with van der Waals surface area (Å²) in [5, 5.41) is 10.7. The van der Waals surface area contributed by atoms with Crippen LogP contribution < -0.4 is 15.0 Å². The average Bonchev–Trinajstić information content (AvgIpc) is 2.87. The van der Waals surface area contributed by atoms with Gasteiger partial charge in [-0.1, -0.05) is 29.4 Å². The smallest absolute Gasteiger partial charge is 0.316 e. The number of nitrogens with zero attached hydrogens (tertiary/aromatic N) is 4. The van der Waals surface area contributed by atoms with Crippen LogP contribution in [0.25, 0.3) is 0 Å². The van der Waals surface area contributed by atoms with Gasteiger partial charge in [-0.15, -0.1) is 0 Å². The summed E-state index contributed by atoms with van der Waals surface area (Å²) in [7, 11) is 1.49. The van der Waals surface area contributed by atoms with Crippen molar-refractivity contribution >= 4 is 23.4 Å². The normalized spacial score (nSPS) is 10.6. The Morgan fingerprint density at radius 3 is 2.57 bits per heavy atom. The number of thioether (sulfide) groups is 1. The molecular weight excluding hydrogens is 486 g/mol. The number of nitrogens with one attached hydrogen (secondary N) is 1. The van der Waals surface area contributed by atoms with Crippen LogP contribution in [0.2, 0.25) is 5.02 Å². The molecule has 4 aromatic rings. The van der Waals surface area contributed by atoms with Gasteiger partial charge in [-0.25, -0.2) is 15.0 Å². The van der Waals surface area contributed by atoms with Crippen molar-refractivity contribution in [3.8, 4) is 23.6 Å². The Kier molecular flexibility index (Phi) is 7.65. The lowest BCUT2D eigenvalue weighted by Crippen LogP contribution is -2.15. The Morgan fingerprint density at radius 2 is 1.89 bits per heavy atom. The molecule has 35 heavy (non-hydrogen) atoms. The van der Waals surface area contributed by atoms with Gasteiger partial charge in [0.15, 0.2) is 5.16 Å². The summed E-state index contributed by atoms with van der Waals surface area (Å²) in [6, 6.07) is 13.2. The van der Waals surface area contributed by atoms with Crippen LogP contribution in [0.5, 0.6) is 17.5 Å². The van der Waals surface area contributed by atoms with Crippen LogP contribution in [-0.2, 0) is 12.2 Å². The summed E-state index contributed by atoms with van der Waals surface area (Å²) in [6.45, 7) is 1.89. The molecule has 8 nitrogen and oxygen atoms in total. The van der Waals surface area contributed by atoms with Crippen molar-refractivity contribution in [2.24, 2.45) is 0 Å². The van der Waals surface area contributed by atoms with Gasteiger partial charge in [0, 0.05) is 41.4 Å². The predicted octanol–water partition coefficient (Wildman–Crippen LogP) is 5.08. The monoisotopic (exact) mass is 505 g/mol. The van der Waals surface area contributed by atoms with Gasteiger partial charge in [-0.3, -0.25) is 4.79 Å². The number of aromatic amines is 1. The second-order valence-corrected chi connectivity index (χ2v) is 8.91. The Morgan fingerprint density at radius 1 is 1.09 bits per heavy atom. The molecule has 0 amide bonds. The van der Waals surface area contributed by atoms with E-state index in [0.717, 1.165) is 16.7 Å². The fourth-order valence-electron chi connectivity index (χ4n) is 3.17. The van der Waals surface area contributed by atoms with E-state index in [1.807, 2.05) is 19.1 Å². The number of methoxy groups -OCH3 is 1. The molecule has 0 bridgehead atoms. The van der Waals surface area contributed by atoms with Gasteiger partial charge in [0.25, 0.3) is 5.56 Å². The van der Waals surface area contributed by atoms with E-state index in [4.69, 9.17) is 21.1 Å². The van der Waals surface area contributed by atoms with E-state index in [1.165, 1.54) is 18.9 Å². The number of benzene rings is 2. The third kappa shape index (κ3) is 6.18. The Bertz CT molecular complexity index is 1450. The second-order valence-electron chi connectivity index (χ2n) is 7.54. The van der Waals surface area contributed by atoms with Crippen LogP contribution >= 0.6 is 23.4 Å². The lowest BCUT2D eigenvalue weighted by Gasteiger charge is -2.10. The molecule has 0 aliphatic carbocycles. The maximum Gasteiger partial charge on any atom is 0.316 e. The average molecular weight is 506 g/mol. The van der Waals surface area contributed by atoms with E-state index < -0.39 is 0 Å². The zero-order valence-electron chi connectivity index (χ0n) is 18.9. The number of hydrogen-bond donors (Lipinski definition) is 1. The SMILES string of the molecule is COc1ncc(Cc2cnc(SCc3ccc(Oc4ccc(Cl)c(C)c4)c(C#N)c3)[nH]c2=O)cn1. The number of ether oxygens (including phenoxy) is 2. The molecule has 0 fully saturated rings. The van der Waals surface area contributed by atoms with Crippen LogP contribution in [0.3, 0.4) is 0 Å². The molecule has 4 rings (SSSR count). The summed E-state index contributed by atoms with van der Waals surface area (Å²) in [6.07, 6.45) is 5.14. The van der Waals surface area contributed by atoms with Gasteiger partial charge in [-0.05, 0) is 53.9 Å². The highest BCUT2D eigenvalue weighted by molar-refractivity contribution is 7.98. The molecule has 1 N–H and O–H groups in total. The first-order valence-electron chi connectivity index (χ1n) is 10.5. The van der Waals surface area contributed by atoms with E-state index >= 15 is 0 Å². The van der Waals surface area contributed by atoms with Crippen molar-refractivity contribution in [3.05, 3.63) is 98.2 Å². The molecule has 2 aromatic heterocycles. The third-order valence-electron chi connectivity index (χ3n) is 5.01. The second kappa shape index (κ2) is 11.0. The van der Waals surface area contributed by atoms with Crippen molar-refractivity contribution in [1.29, 1.82) is 5.26 Å². The van der Waals surface area contributed by atoms with Crippen LogP contribution in [0, 0.1) is 18.3 Å². The van der Waals surface area contributed by atoms with Crippen molar-refractivity contribution in [3.63, 3.8) is 0 Å². The summed E-state index contributed by atoms with van der Waals surface area (Å²) in [5.74, 6) is 1.58. The first-order valence-corrected chi connectivity index (χ1v) is 11.8. The number of nitriles is 1. The van der Waals surface area contributed by atoms with Crippen molar-refractivity contribution in [2.75, 3.05) is 7.11 Å². The Labute approximate surface area is 211 Å². The Hall–Kier alpha value is -3.87. The fourth-order valence-corrected chi connectivity index (χ4v) is 4.06. The lowest BCUT2D eigenvalue weighted by molar-refractivity contribution is 0.379. The van der Waals surface area contributed by atoms with Crippen molar-refractivity contribution < 1.29 is 9.47 Å². The van der Waals surface area contributed by atoms with Crippen LogP contribution in [0.15, 0.2) is 64.9 Å². The number of halogens is 1. The summed E-state index contributed by atoms with van der Waals surface area (Å²) < 4.78 is 10.8. The first kappa shape index (κ1) is 24.3. The van der Waals surface area contributed by atoms with Gasteiger partial charge >= 0.3 is 6.01 Å². The third-order valence-corrected chi connectivity index (χ3v) is 6.39. The fraction of sp³-hybridized carbons (Fsp3) is 0.160. The first-order chi connectivity index (χ1) is 16.9. The van der Waals surface area contributed by atoms with Crippen molar-refractivity contribution in [1.82, 2.24) is 19.9 Å². The summed E-state index contributed by atoms with van der Waals surface area (Å²) in [5.41, 5.74) is 3.26. The maximum absolute atomic E-state index is 12.5. The van der Waals surface area contributed by atoms with Gasteiger partial charge in [0.1, 0.15) is 17.6 Å². The topological polar surface area (TPSA) is 114 Å². The molecule has 0 radical (unpaired) electrons. The minimum atomic E-state index is -0.224. The van der Waals surface area contributed by atoms with E-state index in [2.05, 4.69) is 26.0 Å². The van der Waals surface area contributed by atoms with Gasteiger partial charge < -0.3 is 14.5 Å². The highest BCUT2D eigenvalue weighted by atomic mass is 35.5. The van der Waals surface area contributed by atoms with E-state index in [0.29, 0.717) is 45.0 Å². The lowest BCUT2D eigenvalue weighted by atomic mass is 10.1. The largest absolute Gasteiger partial charge is 0.467 e. The molecular formula is C25H20ClN5O3S. The van der Waals surface area contributed by atoms with E-state index in [1.54, 1.807) is 42.9 Å². The summed E-state index contributed by atoms with van der Waals surface area (Å²) >= 11 is 7.43. The van der Waals surface area contributed by atoms with Gasteiger partial charge in [0.05, 0.1) is 12.7 Å². The standard InChI is InChI=1S/C25H20ClN5O3S/c1-15-7-20(4-5-21(15)26)34-22-6-3-16(8-18(22)10-27)14-35-25-30-13-19(23(32)31-25)9-17-11-28-24(33-2)29-12-17/h3-8,11-13H,9,14H2,1-2H3,(H,30,31,32). The van der Waals surface area contributed by atoms with Crippen molar-refractivity contribution in [2.45, 2.75) is 24.3 Å². The molecule has 176 valence electrons. The minimum absolute atomic E-state index is 0.224. The molecule has 2 aromatic carbocycles. The molecule has 0 saturated carbocycles. The molecule has 0 aliphatic heterocycles. The van der Waals surface area contributed by atoms with Gasteiger partial charge in [-0.2, -0.15) is 5.26 Å². The molecule has 10 heteroatoms. The zero-order chi connectivity index (χ0) is 24.8. The number of rotatable bonds is 8. The summed E-state index contributed by atoms with van der Waals surface area (Å²) in [4.78, 5) is 27.8. The highest BCUT2D eigenvalue weighted by Gasteiger charge is 2.10. The molecule has 0 aliphatic rings. The highest BCUT2D eigenvalue weighted by Crippen LogP contribution is 2.30. The van der Waals surface area contributed by atoms with Crippen LogP contribution in [-0.4, -0.2) is 27.0 Å². The van der Waals surface area contributed by atoms with E-state index in [-0.39, 0.29) is 11.6 Å². The van der Waals surface area contributed by atoms with Crippen LogP contribution in [0.4, 0.5) is 0 Å². The molecule has 0 atom stereocenters. The number of hydrogen-bond acceptors (Lipinski definition) is 8. The predicted molar refractivity (Wildman–Crippen MR) is 133 cm³/mol. The molecule has 0 unspecified atom stereocenters. The molecule has 2 heterocycles. The molecule has 0 saturated heterocycles. The Balaban J connectivity index is 1.41. The maximum atomic E-state index is 12.5. The quantitative estimate of drug-likeness (QED) is 0.260. The zero-order valence-corrected chi connectivity index (χ0v) is 20.5.